The van der Waals surface area contributed by atoms with Gasteiger partial charge in [-0.15, -0.1) is 0 Å². The van der Waals surface area contributed by atoms with Crippen LogP contribution >= 0.6 is 0 Å². The van der Waals surface area contributed by atoms with Gasteiger partial charge in [0, 0.05) is 43.8 Å². The summed E-state index contributed by atoms with van der Waals surface area (Å²) in [4.78, 5) is 22.6. The number of carbonyl (C=O) groups excluding carboxylic acids is 1. The molecular formula is C20H25N3O2. The maximum absolute atomic E-state index is 12.7. The highest BCUT2D eigenvalue weighted by atomic mass is 16.5. The molecule has 0 atom stereocenters. The average molecular weight is 339 g/mol. The van der Waals surface area contributed by atoms with E-state index in [4.69, 9.17) is 4.74 Å². The van der Waals surface area contributed by atoms with Gasteiger partial charge in [-0.25, -0.2) is 9.97 Å². The highest BCUT2D eigenvalue weighted by molar-refractivity contribution is 5.94. The molecule has 2 heterocycles. The molecule has 5 heteroatoms. The number of benzene rings is 1. The molecule has 3 rings (SSSR count). The van der Waals surface area contributed by atoms with Gasteiger partial charge in [-0.1, -0.05) is 32.9 Å². The average Bonchev–Trinajstić information content (AvgIpc) is 2.62. The van der Waals surface area contributed by atoms with Gasteiger partial charge in [0.15, 0.2) is 0 Å². The molecule has 5 nitrogen and oxygen atoms in total. The number of aromatic nitrogens is 2. The van der Waals surface area contributed by atoms with Crippen molar-refractivity contribution in [3.8, 4) is 5.88 Å². The third kappa shape index (κ3) is 4.35. The smallest absolute Gasteiger partial charge is 0.253 e. The van der Waals surface area contributed by atoms with Gasteiger partial charge in [-0.2, -0.15) is 0 Å². The summed E-state index contributed by atoms with van der Waals surface area (Å²) in [6.07, 6.45) is 4.88. The van der Waals surface area contributed by atoms with Gasteiger partial charge in [0.1, 0.15) is 12.4 Å². The molecule has 132 valence electrons. The van der Waals surface area contributed by atoms with Crippen molar-refractivity contribution in [2.75, 3.05) is 13.1 Å². The summed E-state index contributed by atoms with van der Waals surface area (Å²) in [6.45, 7) is 7.93. The molecule has 0 spiro atoms. The summed E-state index contributed by atoms with van der Waals surface area (Å²) in [5.74, 6) is 0.693. The molecule has 0 radical (unpaired) electrons. The Balaban J connectivity index is 1.56. The monoisotopic (exact) mass is 339 g/mol. The van der Waals surface area contributed by atoms with Gasteiger partial charge < -0.3 is 9.64 Å². The van der Waals surface area contributed by atoms with Crippen LogP contribution in [0.2, 0.25) is 0 Å². The Kier molecular flexibility index (Phi) is 5.02. The summed E-state index contributed by atoms with van der Waals surface area (Å²) in [5.41, 5.74) is 2.09. The predicted molar refractivity (Wildman–Crippen MR) is 96.7 cm³/mol. The second-order valence-electron chi connectivity index (χ2n) is 7.48. The fourth-order valence-electron chi connectivity index (χ4n) is 2.99. The molecule has 1 fully saturated rings. The van der Waals surface area contributed by atoms with Crippen molar-refractivity contribution < 1.29 is 9.53 Å². The Hall–Kier alpha value is -2.43. The largest absolute Gasteiger partial charge is 0.474 e. The number of amides is 1. The van der Waals surface area contributed by atoms with Gasteiger partial charge in [0.2, 0.25) is 5.88 Å². The van der Waals surface area contributed by atoms with Crippen LogP contribution in [0.25, 0.3) is 0 Å². The Bertz CT molecular complexity index is 700. The number of nitrogens with zero attached hydrogens (tertiary/aromatic N) is 3. The molecule has 1 amide bonds. The fraction of sp³-hybridized carbons (Fsp3) is 0.450. The van der Waals surface area contributed by atoms with Crippen LogP contribution in [-0.4, -0.2) is 40.0 Å². The number of likely N-dealkylation sites (tertiary alicyclic amines) is 1. The minimum absolute atomic E-state index is 0.0955. The minimum Gasteiger partial charge on any atom is -0.474 e. The Morgan fingerprint density at radius 2 is 1.80 bits per heavy atom. The molecule has 1 aromatic carbocycles. The van der Waals surface area contributed by atoms with Crippen molar-refractivity contribution in [1.29, 1.82) is 0 Å². The highest BCUT2D eigenvalue weighted by Crippen LogP contribution is 2.23. The predicted octanol–water partition coefficient (Wildman–Crippen LogP) is 3.46. The Labute approximate surface area is 149 Å². The molecule has 1 aliphatic rings. The summed E-state index contributed by atoms with van der Waals surface area (Å²) in [7, 11) is 0. The molecule has 0 N–H and O–H groups in total. The van der Waals surface area contributed by atoms with Gasteiger partial charge >= 0.3 is 0 Å². The molecule has 1 aliphatic heterocycles. The Morgan fingerprint density at radius 1 is 1.12 bits per heavy atom. The lowest BCUT2D eigenvalue weighted by Crippen LogP contribution is -2.41. The summed E-state index contributed by atoms with van der Waals surface area (Å²) in [6, 6.07) is 9.74. The van der Waals surface area contributed by atoms with Gasteiger partial charge in [-0.3, -0.25) is 4.79 Å². The SMILES string of the molecule is CC(C)(C)c1ccc(C(=O)N2CCC(Oc3ccncn3)CC2)cc1. The quantitative estimate of drug-likeness (QED) is 0.859. The second kappa shape index (κ2) is 7.21. The fourth-order valence-corrected chi connectivity index (χ4v) is 2.99. The van der Waals surface area contributed by atoms with Crippen LogP contribution in [0, 0.1) is 0 Å². The van der Waals surface area contributed by atoms with Crippen molar-refractivity contribution in [3.05, 3.63) is 54.0 Å². The lowest BCUT2D eigenvalue weighted by Gasteiger charge is -2.32. The maximum Gasteiger partial charge on any atom is 0.253 e. The third-order valence-corrected chi connectivity index (χ3v) is 4.57. The van der Waals surface area contributed by atoms with Crippen molar-refractivity contribution in [3.63, 3.8) is 0 Å². The molecule has 0 saturated carbocycles. The standard InChI is InChI=1S/C20H25N3O2/c1-20(2,3)16-6-4-15(5-7-16)19(24)23-12-9-17(10-13-23)25-18-8-11-21-14-22-18/h4-8,11,14,17H,9-10,12-13H2,1-3H3. The van der Waals surface area contributed by atoms with Crippen LogP contribution in [0.3, 0.4) is 0 Å². The molecule has 1 saturated heterocycles. The summed E-state index contributed by atoms with van der Waals surface area (Å²) < 4.78 is 5.85. The van der Waals surface area contributed by atoms with Crippen LogP contribution in [0.4, 0.5) is 0 Å². The first-order valence-corrected chi connectivity index (χ1v) is 8.76. The Morgan fingerprint density at radius 3 is 2.36 bits per heavy atom. The second-order valence-corrected chi connectivity index (χ2v) is 7.48. The van der Waals surface area contributed by atoms with Gasteiger partial charge in [-0.05, 0) is 23.1 Å². The van der Waals surface area contributed by atoms with E-state index in [-0.39, 0.29) is 17.4 Å². The van der Waals surface area contributed by atoms with Crippen molar-refractivity contribution >= 4 is 5.91 Å². The van der Waals surface area contributed by atoms with Crippen LogP contribution < -0.4 is 4.74 Å². The summed E-state index contributed by atoms with van der Waals surface area (Å²) >= 11 is 0. The number of carbonyl (C=O) groups is 1. The van der Waals surface area contributed by atoms with Crippen LogP contribution in [0.5, 0.6) is 5.88 Å². The van der Waals surface area contributed by atoms with E-state index >= 15 is 0 Å². The number of hydrogen-bond acceptors (Lipinski definition) is 4. The van der Waals surface area contributed by atoms with E-state index in [1.165, 1.54) is 11.9 Å². The first-order valence-electron chi connectivity index (χ1n) is 8.76. The zero-order valence-electron chi connectivity index (χ0n) is 15.1. The van der Waals surface area contributed by atoms with Crippen molar-refractivity contribution in [2.24, 2.45) is 0 Å². The first kappa shape index (κ1) is 17.4. The molecule has 0 aliphatic carbocycles. The van der Waals surface area contributed by atoms with E-state index in [0.717, 1.165) is 18.4 Å². The zero-order chi connectivity index (χ0) is 17.9. The molecule has 2 aromatic rings. The number of ether oxygens (including phenoxy) is 1. The van der Waals surface area contributed by atoms with Crippen molar-refractivity contribution in [1.82, 2.24) is 14.9 Å². The lowest BCUT2D eigenvalue weighted by molar-refractivity contribution is 0.0587. The van der Waals surface area contributed by atoms with E-state index in [0.29, 0.717) is 19.0 Å². The molecule has 25 heavy (non-hydrogen) atoms. The van der Waals surface area contributed by atoms with E-state index in [2.05, 4.69) is 42.9 Å². The zero-order valence-corrected chi connectivity index (χ0v) is 15.1. The topological polar surface area (TPSA) is 55.3 Å². The summed E-state index contributed by atoms with van der Waals surface area (Å²) in [5, 5.41) is 0. The van der Waals surface area contributed by atoms with Gasteiger partial charge in [0.05, 0.1) is 0 Å². The normalized spacial score (nSPS) is 15.9. The number of piperidine rings is 1. The molecule has 0 bridgehead atoms. The molecule has 1 aromatic heterocycles. The maximum atomic E-state index is 12.7. The first-order chi connectivity index (χ1) is 11.9. The highest BCUT2D eigenvalue weighted by Gasteiger charge is 2.25. The third-order valence-electron chi connectivity index (χ3n) is 4.57. The lowest BCUT2D eigenvalue weighted by atomic mass is 9.86. The van der Waals surface area contributed by atoms with Gasteiger partial charge in [0.25, 0.3) is 5.91 Å². The van der Waals surface area contributed by atoms with E-state index in [1.807, 2.05) is 17.0 Å². The minimum atomic E-state index is 0.0955. The van der Waals surface area contributed by atoms with Crippen molar-refractivity contribution in [2.45, 2.75) is 45.1 Å². The number of rotatable bonds is 3. The van der Waals surface area contributed by atoms with E-state index in [9.17, 15) is 4.79 Å². The van der Waals surface area contributed by atoms with Crippen LogP contribution in [-0.2, 0) is 5.41 Å². The molecular weight excluding hydrogens is 314 g/mol. The van der Waals surface area contributed by atoms with E-state index < -0.39 is 0 Å². The van der Waals surface area contributed by atoms with Crippen LogP contribution in [0.1, 0.15) is 49.5 Å². The van der Waals surface area contributed by atoms with E-state index in [1.54, 1.807) is 12.3 Å². The molecule has 0 unspecified atom stereocenters. The van der Waals surface area contributed by atoms with Crippen LogP contribution in [0.15, 0.2) is 42.9 Å². The number of hydrogen-bond donors (Lipinski definition) is 0.